The summed E-state index contributed by atoms with van der Waals surface area (Å²) >= 11 is 0. The van der Waals surface area contributed by atoms with Crippen LogP contribution in [0.1, 0.15) is 27.3 Å². The van der Waals surface area contributed by atoms with Crippen molar-refractivity contribution in [2.24, 2.45) is 0 Å². The zero-order valence-corrected chi connectivity index (χ0v) is 14.8. The van der Waals surface area contributed by atoms with Gasteiger partial charge in [-0.3, -0.25) is 4.79 Å². The second kappa shape index (κ2) is 8.40. The molecule has 2 N–H and O–H groups in total. The van der Waals surface area contributed by atoms with Crippen LogP contribution in [0.25, 0.3) is 0 Å². The Kier molecular flexibility index (Phi) is 6.26. The van der Waals surface area contributed by atoms with Crippen LogP contribution in [-0.4, -0.2) is 48.0 Å². The van der Waals surface area contributed by atoms with Gasteiger partial charge < -0.3 is 15.5 Å². The van der Waals surface area contributed by atoms with E-state index in [1.54, 1.807) is 6.07 Å². The number of rotatable bonds is 7. The van der Waals surface area contributed by atoms with E-state index in [9.17, 15) is 4.79 Å². The first-order valence-corrected chi connectivity index (χ1v) is 8.02. The van der Waals surface area contributed by atoms with Crippen LogP contribution in [0, 0.1) is 13.8 Å². The number of nitrogens with zero attached hydrogens (tertiary/aromatic N) is 3. The lowest BCUT2D eigenvalue weighted by Gasteiger charge is -2.12. The van der Waals surface area contributed by atoms with Crippen molar-refractivity contribution in [1.29, 1.82) is 0 Å². The van der Waals surface area contributed by atoms with Crippen molar-refractivity contribution in [3.8, 4) is 0 Å². The number of anilines is 1. The van der Waals surface area contributed by atoms with Gasteiger partial charge in [-0.1, -0.05) is 24.3 Å². The number of benzene rings is 1. The van der Waals surface area contributed by atoms with Crippen LogP contribution in [0.4, 0.5) is 5.95 Å². The molecule has 2 aromatic rings. The molecule has 1 amide bonds. The highest BCUT2D eigenvalue weighted by atomic mass is 16.1. The molecule has 6 nitrogen and oxygen atoms in total. The summed E-state index contributed by atoms with van der Waals surface area (Å²) in [6, 6.07) is 9.84. The summed E-state index contributed by atoms with van der Waals surface area (Å²) in [5.41, 5.74) is 3.53. The zero-order chi connectivity index (χ0) is 17.5. The van der Waals surface area contributed by atoms with E-state index in [2.05, 4.69) is 39.7 Å². The van der Waals surface area contributed by atoms with Crippen molar-refractivity contribution in [2.75, 3.05) is 32.5 Å². The Bertz CT molecular complexity index is 700. The number of likely N-dealkylation sites (N-methyl/N-ethyl adjacent to an activating group) is 1. The first kappa shape index (κ1) is 17.9. The molecule has 0 saturated heterocycles. The maximum absolute atomic E-state index is 12.2. The van der Waals surface area contributed by atoms with Gasteiger partial charge in [0.2, 0.25) is 5.95 Å². The number of carbonyl (C=O) groups excluding carboxylic acids is 1. The van der Waals surface area contributed by atoms with Crippen LogP contribution < -0.4 is 10.6 Å². The maximum Gasteiger partial charge on any atom is 0.270 e. The molecule has 1 heterocycles. The second-order valence-corrected chi connectivity index (χ2v) is 6.06. The lowest BCUT2D eigenvalue weighted by atomic mass is 10.1. The molecule has 0 unspecified atom stereocenters. The van der Waals surface area contributed by atoms with E-state index in [0.29, 0.717) is 24.7 Å². The molecule has 0 fully saturated rings. The van der Waals surface area contributed by atoms with E-state index in [1.807, 2.05) is 38.1 Å². The summed E-state index contributed by atoms with van der Waals surface area (Å²) in [6.45, 7) is 5.92. The second-order valence-electron chi connectivity index (χ2n) is 6.06. The van der Waals surface area contributed by atoms with Gasteiger partial charge in [-0.2, -0.15) is 0 Å². The topological polar surface area (TPSA) is 70.2 Å². The molecule has 0 spiro atoms. The van der Waals surface area contributed by atoms with E-state index in [0.717, 1.165) is 12.2 Å². The number of aromatic nitrogens is 2. The largest absolute Gasteiger partial charge is 0.350 e. The molecule has 1 aromatic carbocycles. The van der Waals surface area contributed by atoms with Gasteiger partial charge in [0.05, 0.1) is 0 Å². The summed E-state index contributed by atoms with van der Waals surface area (Å²) in [6.07, 6.45) is 0. The molecule has 0 aliphatic rings. The molecule has 128 valence electrons. The first-order chi connectivity index (χ1) is 11.5. The molecule has 0 aliphatic carbocycles. The first-order valence-electron chi connectivity index (χ1n) is 8.02. The van der Waals surface area contributed by atoms with Gasteiger partial charge in [0.1, 0.15) is 5.69 Å². The highest BCUT2D eigenvalue weighted by molar-refractivity contribution is 5.92. The van der Waals surface area contributed by atoms with Crippen LogP contribution in [0.3, 0.4) is 0 Å². The van der Waals surface area contributed by atoms with E-state index in [4.69, 9.17) is 0 Å². The molecule has 0 radical (unpaired) electrons. The van der Waals surface area contributed by atoms with Crippen LogP contribution in [0.5, 0.6) is 0 Å². The van der Waals surface area contributed by atoms with Crippen LogP contribution >= 0.6 is 0 Å². The highest BCUT2D eigenvalue weighted by Crippen LogP contribution is 2.10. The van der Waals surface area contributed by atoms with Crippen LogP contribution in [0.15, 0.2) is 30.3 Å². The minimum absolute atomic E-state index is 0.179. The number of hydrogen-bond acceptors (Lipinski definition) is 5. The highest BCUT2D eigenvalue weighted by Gasteiger charge is 2.10. The third-order valence-electron chi connectivity index (χ3n) is 3.63. The quantitative estimate of drug-likeness (QED) is 0.814. The molecule has 0 bridgehead atoms. The Labute approximate surface area is 143 Å². The van der Waals surface area contributed by atoms with Gasteiger partial charge in [0.25, 0.3) is 5.91 Å². The minimum atomic E-state index is -0.179. The lowest BCUT2D eigenvalue weighted by Crippen LogP contribution is -2.32. The third kappa shape index (κ3) is 5.31. The number of hydrogen-bond donors (Lipinski definition) is 2. The van der Waals surface area contributed by atoms with Gasteiger partial charge >= 0.3 is 0 Å². The van der Waals surface area contributed by atoms with Crippen molar-refractivity contribution in [1.82, 2.24) is 20.2 Å². The Hall–Kier alpha value is -2.47. The average Bonchev–Trinajstić information content (AvgIpc) is 2.53. The monoisotopic (exact) mass is 327 g/mol. The number of nitrogens with one attached hydrogen (secondary N) is 2. The summed E-state index contributed by atoms with van der Waals surface area (Å²) in [5, 5.41) is 6.07. The van der Waals surface area contributed by atoms with Crippen molar-refractivity contribution in [2.45, 2.75) is 20.4 Å². The summed E-state index contributed by atoms with van der Waals surface area (Å²) in [4.78, 5) is 22.9. The average molecular weight is 327 g/mol. The Morgan fingerprint density at radius 2 is 1.92 bits per heavy atom. The SMILES string of the molecule is Cc1cc(C(=O)NCCN(C)C)nc(NCc2ccccc2C)n1. The van der Waals surface area contributed by atoms with Crippen LogP contribution in [0.2, 0.25) is 0 Å². The van der Waals surface area contributed by atoms with Crippen molar-refractivity contribution in [3.63, 3.8) is 0 Å². The summed E-state index contributed by atoms with van der Waals surface area (Å²) < 4.78 is 0. The Morgan fingerprint density at radius 1 is 1.17 bits per heavy atom. The Balaban J connectivity index is 2.02. The number of carbonyl (C=O) groups is 1. The molecular weight excluding hydrogens is 302 g/mol. The Morgan fingerprint density at radius 3 is 2.62 bits per heavy atom. The molecule has 0 saturated carbocycles. The van der Waals surface area contributed by atoms with Crippen molar-refractivity contribution < 1.29 is 4.79 Å². The number of aryl methyl sites for hydroxylation is 2. The fourth-order valence-electron chi connectivity index (χ4n) is 2.23. The molecule has 0 atom stereocenters. The summed E-state index contributed by atoms with van der Waals surface area (Å²) in [7, 11) is 3.93. The normalized spacial score (nSPS) is 10.7. The predicted molar refractivity (Wildman–Crippen MR) is 96.2 cm³/mol. The fourth-order valence-corrected chi connectivity index (χ4v) is 2.23. The smallest absolute Gasteiger partial charge is 0.270 e. The molecule has 6 heteroatoms. The van der Waals surface area contributed by atoms with Crippen LogP contribution in [-0.2, 0) is 6.54 Å². The van der Waals surface area contributed by atoms with E-state index in [-0.39, 0.29) is 5.91 Å². The summed E-state index contributed by atoms with van der Waals surface area (Å²) in [5.74, 6) is 0.289. The molecule has 1 aromatic heterocycles. The van der Waals surface area contributed by atoms with Gasteiger partial charge in [-0.15, -0.1) is 0 Å². The van der Waals surface area contributed by atoms with Gasteiger partial charge in [0, 0.05) is 25.3 Å². The van der Waals surface area contributed by atoms with E-state index in [1.165, 1.54) is 11.1 Å². The van der Waals surface area contributed by atoms with Gasteiger partial charge in [-0.05, 0) is 45.1 Å². The standard InChI is InChI=1S/C18H25N5O/c1-13-7-5-6-8-15(13)12-20-18-21-14(2)11-16(22-18)17(24)19-9-10-23(3)4/h5-8,11H,9-10,12H2,1-4H3,(H,19,24)(H,20,21,22). The third-order valence-corrected chi connectivity index (χ3v) is 3.63. The molecule has 2 rings (SSSR count). The molecular formula is C18H25N5O. The van der Waals surface area contributed by atoms with Gasteiger partial charge in [0.15, 0.2) is 0 Å². The zero-order valence-electron chi connectivity index (χ0n) is 14.8. The minimum Gasteiger partial charge on any atom is -0.350 e. The van der Waals surface area contributed by atoms with E-state index >= 15 is 0 Å². The molecule has 24 heavy (non-hydrogen) atoms. The lowest BCUT2D eigenvalue weighted by molar-refractivity contribution is 0.0946. The van der Waals surface area contributed by atoms with Crippen molar-refractivity contribution in [3.05, 3.63) is 52.8 Å². The molecule has 0 aliphatic heterocycles. The van der Waals surface area contributed by atoms with E-state index < -0.39 is 0 Å². The maximum atomic E-state index is 12.2. The number of amides is 1. The fraction of sp³-hybridized carbons (Fsp3) is 0.389. The van der Waals surface area contributed by atoms with Gasteiger partial charge in [-0.25, -0.2) is 9.97 Å². The predicted octanol–water partition coefficient (Wildman–Crippen LogP) is 2.00. The van der Waals surface area contributed by atoms with Crippen molar-refractivity contribution >= 4 is 11.9 Å².